The normalized spacial score (nSPS) is 33.9. The molecule has 0 aromatic heterocycles. The van der Waals surface area contributed by atoms with E-state index in [1.807, 2.05) is 59.8 Å². The number of phenolic OH excluding ortho intramolecular Hbond substituents is 1. The Bertz CT molecular complexity index is 1450. The summed E-state index contributed by atoms with van der Waals surface area (Å²) in [6.45, 7) is 13.5. The van der Waals surface area contributed by atoms with Gasteiger partial charge in [-0.15, -0.1) is 0 Å². The largest absolute Gasteiger partial charge is 0.506 e. The molecule has 7 heteroatoms. The Morgan fingerprint density at radius 1 is 1.05 bits per heavy atom. The first-order valence-corrected chi connectivity index (χ1v) is 14.2. The molecule has 7 rings (SSSR count). The Hall–Kier alpha value is -3.19. The first-order valence-electron chi connectivity index (χ1n) is 14.2. The molecule has 0 radical (unpaired) electrons. The van der Waals surface area contributed by atoms with Crippen LogP contribution in [0.1, 0.15) is 89.2 Å². The van der Waals surface area contributed by atoms with Crippen molar-refractivity contribution >= 4 is 23.9 Å². The van der Waals surface area contributed by atoms with Crippen LogP contribution in [0.3, 0.4) is 0 Å². The molecule has 1 N–H and O–H groups in total. The topological polar surface area (TPSA) is 99.1 Å². The number of ketones is 2. The molecule has 0 unspecified atom stereocenters. The summed E-state index contributed by atoms with van der Waals surface area (Å²) >= 11 is 0. The maximum atomic E-state index is 14.6. The van der Waals surface area contributed by atoms with Crippen LogP contribution in [-0.2, 0) is 20.7 Å². The number of hydrogen-bond donors (Lipinski definition) is 1. The van der Waals surface area contributed by atoms with E-state index in [4.69, 9.17) is 14.2 Å². The number of allylic oxidation sites excluding steroid dienone is 3. The summed E-state index contributed by atoms with van der Waals surface area (Å²) in [6.07, 6.45) is 9.69. The van der Waals surface area contributed by atoms with Crippen LogP contribution in [0, 0.1) is 17.8 Å². The molecular weight excluding hydrogens is 508 g/mol. The highest BCUT2D eigenvalue weighted by Crippen LogP contribution is 2.70. The minimum atomic E-state index is -1.43. The van der Waals surface area contributed by atoms with Crippen molar-refractivity contribution in [2.45, 2.75) is 96.6 Å². The number of phenols is 1. The van der Waals surface area contributed by atoms with E-state index >= 15 is 0 Å². The number of Topliss-reactive ketones (excluding diaryl/α,β-unsaturated/α-hetero) is 2. The number of aldehydes is 1. The minimum absolute atomic E-state index is 0.0647. The van der Waals surface area contributed by atoms with Gasteiger partial charge in [0.15, 0.2) is 22.8 Å². The number of carbonyl (C=O) groups excluding carboxylic acids is 3. The first-order chi connectivity index (χ1) is 18.7. The zero-order valence-electron chi connectivity index (χ0n) is 24.3. The van der Waals surface area contributed by atoms with Gasteiger partial charge in [0.1, 0.15) is 34.7 Å². The van der Waals surface area contributed by atoms with Crippen molar-refractivity contribution in [3.8, 4) is 17.2 Å². The summed E-state index contributed by atoms with van der Waals surface area (Å²) in [5.41, 5.74) is -1.20. The molecule has 3 saturated carbocycles. The summed E-state index contributed by atoms with van der Waals surface area (Å²) < 4.78 is 20.3. The van der Waals surface area contributed by atoms with Gasteiger partial charge in [0.25, 0.3) is 0 Å². The monoisotopic (exact) mass is 546 g/mol. The van der Waals surface area contributed by atoms with Gasteiger partial charge in [-0.3, -0.25) is 14.4 Å². The second-order valence-electron chi connectivity index (χ2n) is 13.5. The third-order valence-corrected chi connectivity index (χ3v) is 9.73. The number of carbonyl (C=O) groups is 3. The lowest BCUT2D eigenvalue weighted by Gasteiger charge is -2.60. The highest BCUT2D eigenvalue weighted by molar-refractivity contribution is 6.09. The van der Waals surface area contributed by atoms with Gasteiger partial charge < -0.3 is 19.3 Å². The molecule has 5 atom stereocenters. The number of aromatic hydroxyl groups is 1. The predicted octanol–water partition coefficient (Wildman–Crippen LogP) is 5.71. The van der Waals surface area contributed by atoms with Crippen LogP contribution in [0.2, 0.25) is 0 Å². The summed E-state index contributed by atoms with van der Waals surface area (Å²) in [6, 6.07) is 0. The number of benzene rings is 1. The third kappa shape index (κ3) is 3.36. The number of rotatable bonds is 5. The highest BCUT2D eigenvalue weighted by Gasteiger charge is 2.83. The summed E-state index contributed by atoms with van der Waals surface area (Å²) in [7, 11) is 0. The number of fused-ring (bicyclic) bond motifs is 2. The van der Waals surface area contributed by atoms with E-state index in [1.54, 1.807) is 13.0 Å². The fourth-order valence-electron chi connectivity index (χ4n) is 7.98. The molecule has 4 bridgehead atoms. The van der Waals surface area contributed by atoms with Crippen LogP contribution in [0.5, 0.6) is 17.2 Å². The van der Waals surface area contributed by atoms with E-state index in [-0.39, 0.29) is 46.9 Å². The van der Waals surface area contributed by atoms with Crippen LogP contribution >= 0.6 is 0 Å². The number of hydrogen-bond acceptors (Lipinski definition) is 7. The lowest BCUT2D eigenvalue weighted by molar-refractivity contribution is -0.199. The summed E-state index contributed by atoms with van der Waals surface area (Å²) in [5.74, 6) is -0.935. The maximum absolute atomic E-state index is 14.6. The van der Waals surface area contributed by atoms with Crippen molar-refractivity contribution < 1.29 is 33.7 Å². The molecular formula is C33H38O7. The molecule has 40 heavy (non-hydrogen) atoms. The number of ether oxygens (including phenoxy) is 3. The van der Waals surface area contributed by atoms with Gasteiger partial charge in [0, 0.05) is 23.8 Å². The molecule has 0 amide bonds. The molecule has 1 saturated heterocycles. The molecule has 4 fully saturated rings. The van der Waals surface area contributed by atoms with Gasteiger partial charge in [0.2, 0.25) is 0 Å². The van der Waals surface area contributed by atoms with Crippen LogP contribution < -0.4 is 9.47 Å². The standard InChI is InChI=1S/C33H38O7/c1-17(2)8-9-21-27-20(11-12-30(4,5)38-27)25(35)24-26(36)22-14-19-15-23-31(6,7)40-32(29(19)37,13-10-18(3)16-34)33(22,23)39-28(21)24/h8,10-12,16,19,22-23,35H,9,13-15H2,1-7H3/b18-10+/t19-,22+,23+,32+,33-/m1/s1. The van der Waals surface area contributed by atoms with Crippen molar-refractivity contribution in [1.82, 2.24) is 0 Å². The van der Waals surface area contributed by atoms with Gasteiger partial charge in [-0.05, 0) is 85.5 Å². The van der Waals surface area contributed by atoms with Crippen molar-refractivity contribution in [3.63, 3.8) is 0 Å². The molecule has 3 aliphatic heterocycles. The van der Waals surface area contributed by atoms with Crippen LogP contribution in [-0.4, -0.2) is 45.4 Å². The van der Waals surface area contributed by atoms with Crippen molar-refractivity contribution in [2.75, 3.05) is 0 Å². The fourth-order valence-corrected chi connectivity index (χ4v) is 7.98. The van der Waals surface area contributed by atoms with Gasteiger partial charge in [-0.1, -0.05) is 17.7 Å². The molecule has 1 aromatic carbocycles. The van der Waals surface area contributed by atoms with Crippen molar-refractivity contribution in [1.29, 1.82) is 0 Å². The fraction of sp³-hybridized carbons (Fsp3) is 0.545. The van der Waals surface area contributed by atoms with E-state index in [9.17, 15) is 19.5 Å². The van der Waals surface area contributed by atoms with Crippen LogP contribution in [0.15, 0.2) is 29.4 Å². The molecule has 7 nitrogen and oxygen atoms in total. The SMILES string of the molecule is CC(C)=CCc1c2c(c(O)c3c1O[C@]14[C@@H](C[C@@H]5C[C@H]1C(C)(C)O[C@@]4(C/C=C(\C)C=O)C5=O)C3=O)C=CC(C)(C)O2. The average Bonchev–Trinajstić information content (AvgIpc) is 3.03. The Morgan fingerprint density at radius 3 is 2.45 bits per heavy atom. The van der Waals surface area contributed by atoms with E-state index < -0.39 is 28.3 Å². The van der Waals surface area contributed by atoms with Crippen molar-refractivity contribution in [2.24, 2.45) is 17.8 Å². The Kier molecular flexibility index (Phi) is 5.68. The quantitative estimate of drug-likeness (QED) is 0.287. The summed E-state index contributed by atoms with van der Waals surface area (Å²) in [4.78, 5) is 40.3. The van der Waals surface area contributed by atoms with Gasteiger partial charge in [-0.2, -0.15) is 0 Å². The first kappa shape index (κ1) is 27.0. The van der Waals surface area contributed by atoms with Crippen LogP contribution in [0.25, 0.3) is 6.08 Å². The Balaban J connectivity index is 1.65. The van der Waals surface area contributed by atoms with Crippen molar-refractivity contribution in [3.05, 3.63) is 46.1 Å². The molecule has 1 spiro atoms. The second kappa shape index (κ2) is 8.41. The molecule has 3 aliphatic carbocycles. The van der Waals surface area contributed by atoms with Crippen LogP contribution in [0.4, 0.5) is 0 Å². The average molecular weight is 547 g/mol. The molecule has 212 valence electrons. The zero-order valence-corrected chi connectivity index (χ0v) is 24.3. The van der Waals surface area contributed by atoms with Gasteiger partial charge in [-0.25, -0.2) is 0 Å². The third-order valence-electron chi connectivity index (χ3n) is 9.73. The molecule has 3 heterocycles. The summed E-state index contributed by atoms with van der Waals surface area (Å²) in [5, 5.41) is 11.6. The Morgan fingerprint density at radius 2 is 1.77 bits per heavy atom. The molecule has 6 aliphatic rings. The lowest BCUT2D eigenvalue weighted by Crippen LogP contribution is -2.76. The van der Waals surface area contributed by atoms with E-state index in [1.165, 1.54) is 0 Å². The smallest absolute Gasteiger partial charge is 0.177 e. The van der Waals surface area contributed by atoms with E-state index in [0.29, 0.717) is 41.7 Å². The minimum Gasteiger partial charge on any atom is -0.506 e. The van der Waals surface area contributed by atoms with Gasteiger partial charge >= 0.3 is 0 Å². The zero-order chi connectivity index (χ0) is 29.0. The lowest BCUT2D eigenvalue weighted by atomic mass is 9.46. The molecule has 1 aromatic rings. The maximum Gasteiger partial charge on any atom is 0.177 e. The second-order valence-corrected chi connectivity index (χ2v) is 13.5. The van der Waals surface area contributed by atoms with Gasteiger partial charge in [0.05, 0.1) is 17.1 Å². The predicted molar refractivity (Wildman–Crippen MR) is 150 cm³/mol. The van der Waals surface area contributed by atoms with E-state index in [0.717, 1.165) is 11.9 Å². The highest BCUT2D eigenvalue weighted by atomic mass is 16.6. The van der Waals surface area contributed by atoms with E-state index in [2.05, 4.69) is 0 Å². The Labute approximate surface area is 235 Å².